The van der Waals surface area contributed by atoms with E-state index in [9.17, 15) is 0 Å². The first-order valence-corrected chi connectivity index (χ1v) is 6.53. The fourth-order valence-corrected chi connectivity index (χ4v) is 2.34. The Morgan fingerprint density at radius 2 is 1.40 bits per heavy atom. The second-order valence-electron chi connectivity index (χ2n) is 4.57. The Kier molecular flexibility index (Phi) is 6.61. The zero-order valence-corrected chi connectivity index (χ0v) is 12.2. The van der Waals surface area contributed by atoms with Gasteiger partial charge in [-0.2, -0.15) is 0 Å². The molecule has 2 fully saturated rings. The molecule has 0 aromatic heterocycles. The fourth-order valence-electron chi connectivity index (χ4n) is 2.34. The third-order valence-electron chi connectivity index (χ3n) is 3.29. The van der Waals surface area contributed by atoms with Crippen LogP contribution in [0.3, 0.4) is 0 Å². The summed E-state index contributed by atoms with van der Waals surface area (Å²) in [5.74, 6) is 1.26. The third-order valence-corrected chi connectivity index (χ3v) is 3.29. The third kappa shape index (κ3) is 3.87. The summed E-state index contributed by atoms with van der Waals surface area (Å²) in [7, 11) is 0. The van der Waals surface area contributed by atoms with Crippen LogP contribution in [0.1, 0.15) is 17.2 Å². The topological polar surface area (TPSA) is 9.23 Å². The van der Waals surface area contributed by atoms with Crippen molar-refractivity contribution in [3.05, 3.63) is 99.1 Å². The van der Waals surface area contributed by atoms with Gasteiger partial charge < -0.3 is 4.74 Å². The van der Waals surface area contributed by atoms with E-state index in [-0.39, 0.29) is 23.2 Å². The summed E-state index contributed by atoms with van der Waals surface area (Å²) in [6.45, 7) is 0.742. The molecular formula is C18H16FeO+2. The molecule has 0 spiro atoms. The van der Waals surface area contributed by atoms with Crippen molar-refractivity contribution in [2.24, 2.45) is 0 Å². The van der Waals surface area contributed by atoms with Crippen molar-refractivity contribution in [3.63, 3.8) is 0 Å². The molecule has 100 valence electrons. The minimum atomic E-state index is 0. The minimum Gasteiger partial charge on any atom is -0.368 e. The van der Waals surface area contributed by atoms with Gasteiger partial charge in [0.1, 0.15) is 0 Å². The van der Waals surface area contributed by atoms with E-state index >= 15 is 0 Å². The maximum atomic E-state index is 5.77. The van der Waals surface area contributed by atoms with E-state index in [0.717, 1.165) is 6.61 Å². The molecule has 1 unspecified atom stereocenters. The Bertz CT molecular complexity index is 387. The van der Waals surface area contributed by atoms with E-state index < -0.39 is 0 Å². The predicted octanol–water partition coefficient (Wildman–Crippen LogP) is 3.68. The molecule has 0 amide bonds. The first-order valence-electron chi connectivity index (χ1n) is 6.53. The summed E-state index contributed by atoms with van der Waals surface area (Å²) >= 11 is 0. The molecule has 4 rings (SSSR count). The Hall–Kier alpha value is -0.301. The number of benzene rings is 1. The van der Waals surface area contributed by atoms with Gasteiger partial charge in [0.15, 0.2) is 0 Å². The number of ether oxygens (including phenoxy) is 1. The first-order chi connectivity index (χ1) is 9.45. The Morgan fingerprint density at radius 3 is 2.05 bits per heavy atom. The van der Waals surface area contributed by atoms with Gasteiger partial charge in [-0.3, -0.25) is 0 Å². The molecule has 1 aromatic rings. The quantitative estimate of drug-likeness (QED) is 0.719. The van der Waals surface area contributed by atoms with E-state index in [1.54, 1.807) is 0 Å². The molecule has 2 saturated carbocycles. The van der Waals surface area contributed by atoms with Crippen LogP contribution >= 0.6 is 0 Å². The normalized spacial score (nSPS) is 24.7. The van der Waals surface area contributed by atoms with Crippen molar-refractivity contribution >= 4 is 0 Å². The molecule has 1 aliphatic heterocycles. The van der Waals surface area contributed by atoms with Crippen molar-refractivity contribution in [1.29, 1.82) is 0 Å². The Morgan fingerprint density at radius 1 is 0.800 bits per heavy atom. The molecule has 2 heteroatoms. The van der Waals surface area contributed by atoms with E-state index in [1.165, 1.54) is 17.0 Å². The van der Waals surface area contributed by atoms with Crippen LogP contribution in [0.2, 0.25) is 0 Å². The Balaban J connectivity index is 0.000000210. The van der Waals surface area contributed by atoms with Crippen molar-refractivity contribution < 1.29 is 21.8 Å². The van der Waals surface area contributed by atoms with Gasteiger partial charge in [0.2, 0.25) is 0 Å². The molecular weight excluding hydrogens is 288 g/mol. The van der Waals surface area contributed by atoms with Crippen LogP contribution in [0.25, 0.3) is 0 Å². The molecule has 2 aliphatic carbocycles. The monoisotopic (exact) mass is 304 g/mol. The van der Waals surface area contributed by atoms with Crippen molar-refractivity contribution in [1.82, 2.24) is 0 Å². The van der Waals surface area contributed by atoms with E-state index in [1.807, 2.05) is 32.1 Å². The van der Waals surface area contributed by atoms with Crippen LogP contribution in [0.4, 0.5) is 0 Å². The summed E-state index contributed by atoms with van der Waals surface area (Å²) in [4.78, 5) is 0. The van der Waals surface area contributed by atoms with Crippen LogP contribution in [0.5, 0.6) is 0 Å². The number of hydrogen-bond acceptors (Lipinski definition) is 1. The summed E-state index contributed by atoms with van der Waals surface area (Å²) in [5.41, 5.74) is 2.64. The molecule has 0 saturated heterocycles. The second-order valence-corrected chi connectivity index (χ2v) is 4.57. The van der Waals surface area contributed by atoms with Crippen LogP contribution < -0.4 is 0 Å². The van der Waals surface area contributed by atoms with Crippen LogP contribution in [-0.4, -0.2) is 0 Å². The van der Waals surface area contributed by atoms with Crippen molar-refractivity contribution in [2.75, 3.05) is 0 Å². The molecule has 1 atom stereocenters. The van der Waals surface area contributed by atoms with E-state index in [4.69, 9.17) is 4.74 Å². The van der Waals surface area contributed by atoms with Gasteiger partial charge in [0.05, 0.1) is 12.7 Å². The SMILES string of the molecule is [CH]1[CH][CH][CH][CH]1.[CH]1[CH][CH][C](C2OCc3ccccc32)[CH]1.[Fe+2]. The molecule has 1 heterocycles. The number of rotatable bonds is 1. The molecule has 3 aliphatic rings. The molecule has 1 nitrogen and oxygen atoms in total. The standard InChI is InChI=1S/C13H11O.C5H5.Fe/c1-2-6-10(5-1)13-12-8-4-3-7-11(12)9-14-13;1-2-4-5-3-1;/h1-8,13H,9H2;1-5H;/q;;+2. The average Bonchev–Trinajstić information content (AvgIpc) is 3.21. The van der Waals surface area contributed by atoms with Gasteiger partial charge in [-0.05, 0) is 68.9 Å². The molecule has 0 bridgehead atoms. The second kappa shape index (κ2) is 8.22. The fraction of sp³-hybridized carbons (Fsp3) is 0.111. The zero-order chi connectivity index (χ0) is 12.9. The summed E-state index contributed by atoms with van der Waals surface area (Å²) in [6.07, 6.45) is 18.5. The largest absolute Gasteiger partial charge is 2.00 e. The molecule has 20 heavy (non-hydrogen) atoms. The number of fused-ring (bicyclic) bond motifs is 1. The van der Waals surface area contributed by atoms with E-state index in [2.05, 4.69) is 49.9 Å². The maximum absolute atomic E-state index is 5.77. The first kappa shape index (κ1) is 16.1. The van der Waals surface area contributed by atoms with Crippen LogP contribution in [0, 0.1) is 63.7 Å². The van der Waals surface area contributed by atoms with Gasteiger partial charge in [-0.15, -0.1) is 0 Å². The smallest absolute Gasteiger partial charge is 0.368 e. The number of hydrogen-bond donors (Lipinski definition) is 0. The predicted molar refractivity (Wildman–Crippen MR) is 75.9 cm³/mol. The van der Waals surface area contributed by atoms with Gasteiger partial charge in [-0.1, -0.05) is 24.3 Å². The summed E-state index contributed by atoms with van der Waals surface area (Å²) < 4.78 is 5.77. The van der Waals surface area contributed by atoms with Crippen LogP contribution in [0.15, 0.2) is 24.3 Å². The molecule has 1 aromatic carbocycles. The summed E-state index contributed by atoms with van der Waals surface area (Å²) in [5, 5.41) is 0. The summed E-state index contributed by atoms with van der Waals surface area (Å²) in [6, 6.07) is 8.43. The molecule has 10 radical (unpaired) electrons. The zero-order valence-electron chi connectivity index (χ0n) is 11.1. The Labute approximate surface area is 134 Å². The van der Waals surface area contributed by atoms with Gasteiger partial charge in [0, 0.05) is 5.92 Å². The minimum absolute atomic E-state index is 0. The maximum Gasteiger partial charge on any atom is 2.00 e. The van der Waals surface area contributed by atoms with Crippen LogP contribution in [-0.2, 0) is 28.4 Å². The van der Waals surface area contributed by atoms with E-state index in [0.29, 0.717) is 0 Å². The van der Waals surface area contributed by atoms with Gasteiger partial charge in [-0.25, -0.2) is 0 Å². The van der Waals surface area contributed by atoms with Gasteiger partial charge >= 0.3 is 17.1 Å². The van der Waals surface area contributed by atoms with Gasteiger partial charge in [0.25, 0.3) is 0 Å². The van der Waals surface area contributed by atoms with Crippen molar-refractivity contribution in [2.45, 2.75) is 12.7 Å². The molecule has 0 N–H and O–H groups in total. The van der Waals surface area contributed by atoms with Crippen molar-refractivity contribution in [3.8, 4) is 0 Å². The average molecular weight is 304 g/mol.